The minimum Gasteiger partial charge on any atom is -0.496 e. The highest BCUT2D eigenvalue weighted by Gasteiger charge is 2.15. The van der Waals surface area contributed by atoms with E-state index in [1.165, 1.54) is 37.7 Å². The van der Waals surface area contributed by atoms with Gasteiger partial charge >= 0.3 is 0 Å². The summed E-state index contributed by atoms with van der Waals surface area (Å²) < 4.78 is 6.29. The largest absolute Gasteiger partial charge is 0.496 e. The molecule has 2 nitrogen and oxygen atoms in total. The molecule has 1 saturated carbocycles. The van der Waals surface area contributed by atoms with Gasteiger partial charge in [-0.15, -0.1) is 0 Å². The van der Waals surface area contributed by atoms with Gasteiger partial charge in [0.15, 0.2) is 0 Å². The molecular formula is C16H24BrNO. The van der Waals surface area contributed by atoms with Crippen molar-refractivity contribution < 1.29 is 4.74 Å². The minimum atomic E-state index is 0.393. The van der Waals surface area contributed by atoms with Gasteiger partial charge in [0.1, 0.15) is 5.75 Å². The van der Waals surface area contributed by atoms with Crippen LogP contribution in [0.1, 0.15) is 50.6 Å². The number of ether oxygens (including phenoxy) is 1. The maximum atomic E-state index is 5.27. The monoisotopic (exact) mass is 325 g/mol. The third-order valence-corrected chi connectivity index (χ3v) is 4.73. The molecule has 1 aliphatic rings. The highest BCUT2D eigenvalue weighted by molar-refractivity contribution is 9.10. The van der Waals surface area contributed by atoms with Crippen molar-refractivity contribution in [3.63, 3.8) is 0 Å². The fourth-order valence-electron chi connectivity index (χ4n) is 2.80. The highest BCUT2D eigenvalue weighted by atomic mass is 79.9. The summed E-state index contributed by atoms with van der Waals surface area (Å²) in [5.41, 5.74) is 1.31. The number of rotatable bonds is 5. The Balaban J connectivity index is 1.88. The number of halogens is 1. The minimum absolute atomic E-state index is 0.393. The van der Waals surface area contributed by atoms with Crippen LogP contribution in [0.5, 0.6) is 5.75 Å². The summed E-state index contributed by atoms with van der Waals surface area (Å²) in [6.07, 6.45) is 7.04. The number of methoxy groups -OCH3 is 1. The van der Waals surface area contributed by atoms with Crippen LogP contribution in [0.25, 0.3) is 0 Å². The number of hydrogen-bond acceptors (Lipinski definition) is 2. The van der Waals surface area contributed by atoms with Crippen LogP contribution in [0.3, 0.4) is 0 Å². The lowest BCUT2D eigenvalue weighted by Crippen LogP contribution is -2.27. The van der Waals surface area contributed by atoms with E-state index in [1.54, 1.807) is 7.11 Å². The van der Waals surface area contributed by atoms with Gasteiger partial charge in [-0.3, -0.25) is 0 Å². The van der Waals surface area contributed by atoms with Gasteiger partial charge in [-0.25, -0.2) is 0 Å². The normalized spacial score (nSPS) is 18.3. The molecule has 0 spiro atoms. The molecule has 1 aliphatic carbocycles. The van der Waals surface area contributed by atoms with E-state index in [4.69, 9.17) is 4.74 Å². The molecule has 0 bridgehead atoms. The van der Waals surface area contributed by atoms with Crippen molar-refractivity contribution in [3.8, 4) is 5.75 Å². The van der Waals surface area contributed by atoms with Gasteiger partial charge < -0.3 is 10.1 Å². The molecule has 3 heteroatoms. The SMILES string of the molecule is COc1ccc(C(C)NCC2CCCCC2)cc1Br. The lowest BCUT2D eigenvalue weighted by Gasteiger charge is -2.24. The first-order valence-corrected chi connectivity index (χ1v) is 8.07. The van der Waals surface area contributed by atoms with E-state index < -0.39 is 0 Å². The zero-order valence-corrected chi connectivity index (χ0v) is 13.5. The van der Waals surface area contributed by atoms with E-state index in [9.17, 15) is 0 Å². The summed E-state index contributed by atoms with van der Waals surface area (Å²) in [6, 6.07) is 6.71. The molecule has 2 rings (SSSR count). The van der Waals surface area contributed by atoms with E-state index in [0.717, 1.165) is 22.7 Å². The van der Waals surface area contributed by atoms with Crippen molar-refractivity contribution in [2.75, 3.05) is 13.7 Å². The molecule has 0 radical (unpaired) electrons. The molecule has 1 unspecified atom stereocenters. The van der Waals surface area contributed by atoms with E-state index in [-0.39, 0.29) is 0 Å². The Bertz CT molecular complexity index is 402. The van der Waals surface area contributed by atoms with Crippen LogP contribution in [-0.2, 0) is 0 Å². The van der Waals surface area contributed by atoms with Crippen LogP contribution >= 0.6 is 15.9 Å². The first-order valence-electron chi connectivity index (χ1n) is 7.27. The van der Waals surface area contributed by atoms with Crippen molar-refractivity contribution in [2.24, 2.45) is 5.92 Å². The summed E-state index contributed by atoms with van der Waals surface area (Å²) in [6.45, 7) is 3.38. The summed E-state index contributed by atoms with van der Waals surface area (Å²) in [5.74, 6) is 1.76. The fourth-order valence-corrected chi connectivity index (χ4v) is 3.36. The average molecular weight is 326 g/mol. The zero-order chi connectivity index (χ0) is 13.7. The lowest BCUT2D eigenvalue weighted by atomic mass is 9.89. The van der Waals surface area contributed by atoms with Crippen molar-refractivity contribution in [1.29, 1.82) is 0 Å². The Labute approximate surface area is 125 Å². The number of hydrogen-bond donors (Lipinski definition) is 1. The second-order valence-electron chi connectivity index (χ2n) is 5.53. The molecule has 0 amide bonds. The quantitative estimate of drug-likeness (QED) is 0.848. The summed E-state index contributed by atoms with van der Waals surface area (Å²) in [7, 11) is 1.70. The van der Waals surface area contributed by atoms with Crippen LogP contribution in [0.15, 0.2) is 22.7 Å². The Hall–Kier alpha value is -0.540. The van der Waals surface area contributed by atoms with Crippen LogP contribution in [0, 0.1) is 5.92 Å². The summed E-state index contributed by atoms with van der Waals surface area (Å²) in [5, 5.41) is 3.67. The molecule has 0 heterocycles. The van der Waals surface area contributed by atoms with Gasteiger partial charge in [-0.05, 0) is 65.9 Å². The molecule has 106 valence electrons. The van der Waals surface area contributed by atoms with E-state index in [1.807, 2.05) is 6.07 Å². The van der Waals surface area contributed by atoms with E-state index in [0.29, 0.717) is 6.04 Å². The number of benzene rings is 1. The van der Waals surface area contributed by atoms with Crippen molar-refractivity contribution >= 4 is 15.9 Å². The van der Waals surface area contributed by atoms with E-state index in [2.05, 4.69) is 40.3 Å². The van der Waals surface area contributed by atoms with Crippen molar-refractivity contribution in [2.45, 2.75) is 45.1 Å². The highest BCUT2D eigenvalue weighted by Crippen LogP contribution is 2.28. The van der Waals surface area contributed by atoms with E-state index >= 15 is 0 Å². The molecule has 1 atom stereocenters. The molecule has 19 heavy (non-hydrogen) atoms. The maximum absolute atomic E-state index is 5.27. The third-order valence-electron chi connectivity index (χ3n) is 4.11. The molecule has 1 aromatic carbocycles. The Morgan fingerprint density at radius 3 is 2.68 bits per heavy atom. The van der Waals surface area contributed by atoms with Gasteiger partial charge in [-0.1, -0.05) is 25.3 Å². The molecule has 0 aromatic heterocycles. The Morgan fingerprint density at radius 1 is 1.32 bits per heavy atom. The van der Waals surface area contributed by atoms with Gasteiger partial charge in [0.2, 0.25) is 0 Å². The predicted octanol–water partition coefficient (Wildman–Crippen LogP) is 4.69. The van der Waals surface area contributed by atoms with Gasteiger partial charge in [0.05, 0.1) is 11.6 Å². The van der Waals surface area contributed by atoms with Crippen LogP contribution < -0.4 is 10.1 Å². The van der Waals surface area contributed by atoms with Crippen molar-refractivity contribution in [1.82, 2.24) is 5.32 Å². The number of nitrogens with one attached hydrogen (secondary N) is 1. The summed E-state index contributed by atoms with van der Waals surface area (Å²) >= 11 is 3.55. The van der Waals surface area contributed by atoms with Crippen molar-refractivity contribution in [3.05, 3.63) is 28.2 Å². The molecule has 0 saturated heterocycles. The Kier molecular flexibility index (Phi) is 5.71. The molecular weight excluding hydrogens is 302 g/mol. The van der Waals surface area contributed by atoms with Crippen LogP contribution in [0.4, 0.5) is 0 Å². The summed E-state index contributed by atoms with van der Waals surface area (Å²) in [4.78, 5) is 0. The van der Waals surface area contributed by atoms with Crippen LogP contribution in [-0.4, -0.2) is 13.7 Å². The van der Waals surface area contributed by atoms with Gasteiger partial charge in [-0.2, -0.15) is 0 Å². The average Bonchev–Trinajstić information content (AvgIpc) is 2.45. The maximum Gasteiger partial charge on any atom is 0.133 e. The van der Waals surface area contributed by atoms with Gasteiger partial charge in [0, 0.05) is 6.04 Å². The van der Waals surface area contributed by atoms with Crippen LogP contribution in [0.2, 0.25) is 0 Å². The smallest absolute Gasteiger partial charge is 0.133 e. The molecule has 0 aliphatic heterocycles. The third kappa shape index (κ3) is 4.22. The van der Waals surface area contributed by atoms with Gasteiger partial charge in [0.25, 0.3) is 0 Å². The second kappa shape index (κ2) is 7.30. The molecule has 1 aromatic rings. The zero-order valence-electron chi connectivity index (χ0n) is 11.9. The fraction of sp³-hybridized carbons (Fsp3) is 0.625. The first-order chi connectivity index (χ1) is 9.20. The lowest BCUT2D eigenvalue weighted by molar-refractivity contribution is 0.331. The second-order valence-corrected chi connectivity index (χ2v) is 6.38. The topological polar surface area (TPSA) is 21.3 Å². The first kappa shape index (κ1) is 14.9. The standard InChI is InChI=1S/C16H24BrNO/c1-12(18-11-13-6-4-3-5-7-13)14-8-9-16(19-2)15(17)10-14/h8-10,12-13,18H,3-7,11H2,1-2H3. The molecule has 1 fully saturated rings. The predicted molar refractivity (Wildman–Crippen MR) is 83.7 cm³/mol. The Morgan fingerprint density at radius 2 is 2.05 bits per heavy atom. The molecule has 1 N–H and O–H groups in total.